The number of aliphatic imine (C=N–C) groups is 1. The first-order valence-electron chi connectivity index (χ1n) is 9.17. The van der Waals surface area contributed by atoms with E-state index >= 15 is 0 Å². The second-order valence-corrected chi connectivity index (χ2v) is 8.89. The van der Waals surface area contributed by atoms with Crippen LogP contribution < -0.4 is 10.6 Å². The molecule has 0 atom stereocenters. The Hall–Kier alpha value is -0.870. The van der Waals surface area contributed by atoms with E-state index in [1.165, 1.54) is 6.26 Å². The van der Waals surface area contributed by atoms with E-state index in [0.717, 1.165) is 50.4 Å². The Labute approximate surface area is 182 Å². The van der Waals surface area contributed by atoms with Crippen LogP contribution in [0.25, 0.3) is 0 Å². The van der Waals surface area contributed by atoms with Crippen LogP contribution in [0.4, 0.5) is 0 Å². The van der Waals surface area contributed by atoms with E-state index in [-0.39, 0.29) is 24.0 Å². The fourth-order valence-electron chi connectivity index (χ4n) is 2.40. The largest absolute Gasteiger partial charge is 0.356 e. The summed E-state index contributed by atoms with van der Waals surface area (Å²) in [5, 5.41) is 6.62. The van der Waals surface area contributed by atoms with Crippen molar-refractivity contribution in [2.75, 3.05) is 40.0 Å². The number of hydrogen-bond acceptors (Lipinski definition) is 4. The molecule has 6 nitrogen and oxygen atoms in total. The minimum absolute atomic E-state index is 0. The molecule has 0 heterocycles. The summed E-state index contributed by atoms with van der Waals surface area (Å²) in [4.78, 5) is 6.94. The summed E-state index contributed by atoms with van der Waals surface area (Å²) < 4.78 is 22.9. The van der Waals surface area contributed by atoms with Crippen LogP contribution in [0.1, 0.15) is 32.3 Å². The van der Waals surface area contributed by atoms with Crippen LogP contribution in [0.3, 0.4) is 0 Å². The van der Waals surface area contributed by atoms with Gasteiger partial charge in [0.25, 0.3) is 0 Å². The minimum Gasteiger partial charge on any atom is -0.356 e. The van der Waals surface area contributed by atoms with E-state index in [1.807, 2.05) is 12.1 Å². The third-order valence-corrected chi connectivity index (χ3v) is 5.52. The fraction of sp³-hybridized carbons (Fsp3) is 0.632. The Morgan fingerprint density at radius 2 is 1.70 bits per heavy atom. The lowest BCUT2D eigenvalue weighted by molar-refractivity contribution is 0.268. The lowest BCUT2D eigenvalue weighted by Crippen LogP contribution is -2.39. The number of rotatable bonds is 10. The number of halogens is 1. The molecule has 0 spiro atoms. The van der Waals surface area contributed by atoms with Crippen molar-refractivity contribution in [3.8, 4) is 0 Å². The van der Waals surface area contributed by atoms with Crippen molar-refractivity contribution in [2.24, 2.45) is 4.99 Å². The Bertz CT molecular complexity index is 661. The smallest absolute Gasteiger partial charge is 0.190 e. The first-order chi connectivity index (χ1) is 12.2. The number of guanidine groups is 1. The highest BCUT2D eigenvalue weighted by Crippen LogP contribution is 2.10. The number of sulfone groups is 1. The molecule has 156 valence electrons. The highest BCUT2D eigenvalue weighted by atomic mass is 127. The van der Waals surface area contributed by atoms with E-state index in [2.05, 4.69) is 41.4 Å². The van der Waals surface area contributed by atoms with E-state index < -0.39 is 9.84 Å². The summed E-state index contributed by atoms with van der Waals surface area (Å²) in [6.45, 7) is 7.16. The minimum atomic E-state index is -3.13. The average molecular weight is 510 g/mol. The zero-order valence-electron chi connectivity index (χ0n) is 17.2. The molecule has 0 saturated carbocycles. The van der Waals surface area contributed by atoms with Crippen LogP contribution in [0.2, 0.25) is 0 Å². The van der Waals surface area contributed by atoms with Gasteiger partial charge in [-0.1, -0.05) is 12.1 Å². The first-order valence-corrected chi connectivity index (χ1v) is 11.1. The van der Waals surface area contributed by atoms with E-state index in [4.69, 9.17) is 0 Å². The van der Waals surface area contributed by atoms with Crippen LogP contribution in [0.15, 0.2) is 34.2 Å². The van der Waals surface area contributed by atoms with Crippen molar-refractivity contribution < 1.29 is 8.42 Å². The van der Waals surface area contributed by atoms with Gasteiger partial charge in [-0.2, -0.15) is 0 Å². The van der Waals surface area contributed by atoms with Gasteiger partial charge in [0, 0.05) is 32.4 Å². The van der Waals surface area contributed by atoms with Crippen LogP contribution >= 0.6 is 24.0 Å². The molecule has 0 bridgehead atoms. The highest BCUT2D eigenvalue weighted by molar-refractivity contribution is 14.0. The molecular weight excluding hydrogens is 475 g/mol. The lowest BCUT2D eigenvalue weighted by atomic mass is 10.1. The summed E-state index contributed by atoms with van der Waals surface area (Å²) in [7, 11) is 0.790. The zero-order valence-corrected chi connectivity index (χ0v) is 20.3. The predicted octanol–water partition coefficient (Wildman–Crippen LogP) is 2.54. The van der Waals surface area contributed by atoms with Crippen LogP contribution in [0, 0.1) is 0 Å². The van der Waals surface area contributed by atoms with Crippen LogP contribution in [-0.2, 0) is 16.3 Å². The molecule has 1 rings (SSSR count). The predicted molar refractivity (Wildman–Crippen MR) is 125 cm³/mol. The molecule has 2 N–H and O–H groups in total. The number of nitrogens with one attached hydrogen (secondary N) is 2. The Morgan fingerprint density at radius 3 is 2.22 bits per heavy atom. The molecule has 0 fully saturated rings. The van der Waals surface area contributed by atoms with E-state index in [9.17, 15) is 8.42 Å². The monoisotopic (exact) mass is 510 g/mol. The maximum atomic E-state index is 11.5. The SMILES string of the molecule is CN=C(NCCCCN(C)C(C)C)NCCc1ccc(S(C)(=O)=O)cc1.I. The Balaban J connectivity index is 0.00000676. The maximum absolute atomic E-state index is 11.5. The zero-order chi connectivity index (χ0) is 19.6. The maximum Gasteiger partial charge on any atom is 0.190 e. The summed E-state index contributed by atoms with van der Waals surface area (Å²) >= 11 is 0. The lowest BCUT2D eigenvalue weighted by Gasteiger charge is -2.20. The molecule has 0 aliphatic carbocycles. The van der Waals surface area contributed by atoms with Crippen molar-refractivity contribution >= 4 is 39.8 Å². The van der Waals surface area contributed by atoms with Crippen molar-refractivity contribution in [2.45, 2.75) is 44.0 Å². The molecule has 0 unspecified atom stereocenters. The van der Waals surface area contributed by atoms with E-state index in [1.54, 1.807) is 19.2 Å². The summed E-state index contributed by atoms with van der Waals surface area (Å²) in [6, 6.07) is 7.63. The van der Waals surface area contributed by atoms with Crippen LogP contribution in [0.5, 0.6) is 0 Å². The van der Waals surface area contributed by atoms with Crippen molar-refractivity contribution in [3.05, 3.63) is 29.8 Å². The molecule has 1 aromatic carbocycles. The third-order valence-electron chi connectivity index (χ3n) is 4.39. The average Bonchev–Trinajstić information content (AvgIpc) is 2.59. The van der Waals surface area contributed by atoms with Gasteiger partial charge < -0.3 is 15.5 Å². The number of nitrogens with zero attached hydrogens (tertiary/aromatic N) is 2. The topological polar surface area (TPSA) is 73.8 Å². The van der Waals surface area contributed by atoms with Gasteiger partial charge >= 0.3 is 0 Å². The number of benzene rings is 1. The third kappa shape index (κ3) is 10.9. The normalized spacial score (nSPS) is 12.2. The van der Waals surface area contributed by atoms with Gasteiger partial charge in [-0.15, -0.1) is 24.0 Å². The molecule has 0 aromatic heterocycles. The first kappa shape index (κ1) is 26.1. The second kappa shape index (κ2) is 13.3. The van der Waals surface area contributed by atoms with Gasteiger partial charge in [-0.3, -0.25) is 4.99 Å². The van der Waals surface area contributed by atoms with Gasteiger partial charge in [-0.25, -0.2) is 8.42 Å². The van der Waals surface area contributed by atoms with Crippen molar-refractivity contribution in [3.63, 3.8) is 0 Å². The van der Waals surface area contributed by atoms with Crippen molar-refractivity contribution in [1.29, 1.82) is 0 Å². The summed E-state index contributed by atoms with van der Waals surface area (Å²) in [5.74, 6) is 0.801. The molecule has 1 aromatic rings. The van der Waals surface area contributed by atoms with Gasteiger partial charge in [0.1, 0.15) is 0 Å². The summed E-state index contributed by atoms with van der Waals surface area (Å²) in [6.07, 6.45) is 4.29. The van der Waals surface area contributed by atoms with Crippen molar-refractivity contribution in [1.82, 2.24) is 15.5 Å². The van der Waals surface area contributed by atoms with Gasteiger partial charge in [-0.05, 0) is 64.4 Å². The number of hydrogen-bond donors (Lipinski definition) is 2. The summed E-state index contributed by atoms with van der Waals surface area (Å²) in [5.41, 5.74) is 1.09. The van der Waals surface area contributed by atoms with E-state index in [0.29, 0.717) is 10.9 Å². The Kier molecular flexibility index (Phi) is 12.9. The molecule has 0 aliphatic heterocycles. The van der Waals surface area contributed by atoms with Gasteiger partial charge in [0.15, 0.2) is 15.8 Å². The van der Waals surface area contributed by atoms with Gasteiger partial charge in [0.2, 0.25) is 0 Å². The molecule has 8 heteroatoms. The molecule has 0 radical (unpaired) electrons. The quantitative estimate of drug-likeness (QED) is 0.219. The standard InChI is InChI=1S/C19H34N4O2S.HI/c1-16(2)23(4)15-7-6-13-21-19(20-3)22-14-12-17-8-10-18(11-9-17)26(5,24)25;/h8-11,16H,6-7,12-15H2,1-5H3,(H2,20,21,22);1H. The van der Waals surface area contributed by atoms with Gasteiger partial charge in [0.05, 0.1) is 4.90 Å². The second-order valence-electron chi connectivity index (χ2n) is 6.87. The molecule has 27 heavy (non-hydrogen) atoms. The Morgan fingerprint density at radius 1 is 1.11 bits per heavy atom. The fourth-order valence-corrected chi connectivity index (χ4v) is 3.03. The number of unbranched alkanes of at least 4 members (excludes halogenated alkanes) is 1. The van der Waals surface area contributed by atoms with Crippen LogP contribution in [-0.4, -0.2) is 65.3 Å². The molecule has 0 saturated heterocycles. The highest BCUT2D eigenvalue weighted by Gasteiger charge is 2.06. The molecular formula is C19H35IN4O2S. The molecule has 0 aliphatic rings. The molecule has 0 amide bonds.